The summed E-state index contributed by atoms with van der Waals surface area (Å²) < 4.78 is 5.44. The van der Waals surface area contributed by atoms with Crippen LogP contribution in [-0.2, 0) is 4.74 Å². The number of hydrogen-bond donors (Lipinski definition) is 3. The molecule has 0 saturated carbocycles. The van der Waals surface area contributed by atoms with Crippen molar-refractivity contribution in [1.29, 1.82) is 0 Å². The molecule has 3 N–H and O–H groups in total. The lowest BCUT2D eigenvalue weighted by Crippen LogP contribution is -2.46. The Balaban J connectivity index is 1.35. The third kappa shape index (κ3) is 3.56. The molecule has 4 rings (SSSR count). The summed E-state index contributed by atoms with van der Waals surface area (Å²) >= 11 is 0. The molecule has 1 aliphatic heterocycles. The lowest BCUT2D eigenvalue weighted by Gasteiger charge is -2.26. The minimum atomic E-state index is -0.914. The number of ether oxygens (including phenoxy) is 1. The topological polar surface area (TPSA) is 82.0 Å². The van der Waals surface area contributed by atoms with Crippen molar-refractivity contribution in [3.63, 3.8) is 0 Å². The molecule has 2 aromatic rings. The van der Waals surface area contributed by atoms with Crippen LogP contribution in [0, 0.1) is 0 Å². The molecule has 2 aliphatic rings. The van der Waals surface area contributed by atoms with Gasteiger partial charge in [0.2, 0.25) is 0 Å². The SMILES string of the molecule is O=C(NCC(O)N1CCCC1O)OCC1c2ccccc2-c2ccccc21. The Morgan fingerprint density at radius 2 is 1.78 bits per heavy atom. The van der Waals surface area contributed by atoms with Crippen LogP contribution in [-0.4, -0.2) is 53.4 Å². The van der Waals surface area contributed by atoms with Gasteiger partial charge in [-0.05, 0) is 35.1 Å². The van der Waals surface area contributed by atoms with Crippen molar-refractivity contribution >= 4 is 6.09 Å². The molecule has 1 aliphatic carbocycles. The van der Waals surface area contributed by atoms with Gasteiger partial charge in [0.15, 0.2) is 0 Å². The van der Waals surface area contributed by atoms with Crippen molar-refractivity contribution in [2.24, 2.45) is 0 Å². The molecule has 1 saturated heterocycles. The van der Waals surface area contributed by atoms with Gasteiger partial charge in [0, 0.05) is 12.5 Å². The van der Waals surface area contributed by atoms with E-state index in [1.807, 2.05) is 24.3 Å². The second-order valence-corrected chi connectivity index (χ2v) is 7.05. The summed E-state index contributed by atoms with van der Waals surface area (Å²) in [6.07, 6.45) is -0.651. The highest BCUT2D eigenvalue weighted by molar-refractivity contribution is 5.79. The summed E-state index contributed by atoms with van der Waals surface area (Å²) in [6, 6.07) is 16.3. The third-order valence-corrected chi connectivity index (χ3v) is 5.42. The van der Waals surface area contributed by atoms with Crippen LogP contribution >= 0.6 is 0 Å². The number of aliphatic hydroxyl groups is 2. The van der Waals surface area contributed by atoms with Gasteiger partial charge in [0.25, 0.3) is 0 Å². The Kier molecular flexibility index (Phi) is 5.11. The molecular weight excluding hydrogens is 344 g/mol. The number of nitrogens with one attached hydrogen (secondary N) is 1. The molecule has 2 aromatic carbocycles. The van der Waals surface area contributed by atoms with E-state index in [1.54, 1.807) is 4.90 Å². The van der Waals surface area contributed by atoms with E-state index in [-0.39, 0.29) is 19.1 Å². The zero-order valence-corrected chi connectivity index (χ0v) is 15.0. The van der Waals surface area contributed by atoms with Crippen LogP contribution in [0.2, 0.25) is 0 Å². The van der Waals surface area contributed by atoms with E-state index in [0.717, 1.165) is 17.5 Å². The van der Waals surface area contributed by atoms with Gasteiger partial charge in [-0.3, -0.25) is 4.90 Å². The van der Waals surface area contributed by atoms with Crippen LogP contribution in [0.15, 0.2) is 48.5 Å². The normalized spacial score (nSPS) is 20.1. The molecule has 1 heterocycles. The molecule has 1 fully saturated rings. The number of likely N-dealkylation sites (tertiary alicyclic amines) is 1. The number of carbonyl (C=O) groups excluding carboxylic acids is 1. The maximum atomic E-state index is 12.1. The standard InChI is InChI=1S/C21H24N2O4/c24-19-10-5-11-23(19)20(25)12-22-21(26)27-13-18-16-8-3-1-6-14(16)15-7-2-4-9-17(15)18/h1-4,6-9,18-20,24-25H,5,10-13H2,(H,22,26). The van der Waals surface area contributed by atoms with Crippen molar-refractivity contribution in [3.8, 4) is 11.1 Å². The van der Waals surface area contributed by atoms with Gasteiger partial charge in [-0.25, -0.2) is 4.79 Å². The van der Waals surface area contributed by atoms with E-state index < -0.39 is 18.5 Å². The zero-order valence-electron chi connectivity index (χ0n) is 15.0. The lowest BCUT2D eigenvalue weighted by atomic mass is 9.98. The largest absolute Gasteiger partial charge is 0.449 e. The van der Waals surface area contributed by atoms with Gasteiger partial charge in [-0.1, -0.05) is 48.5 Å². The average Bonchev–Trinajstić information content (AvgIpc) is 3.26. The maximum absolute atomic E-state index is 12.1. The van der Waals surface area contributed by atoms with E-state index in [0.29, 0.717) is 13.0 Å². The first-order chi connectivity index (χ1) is 13.1. The van der Waals surface area contributed by atoms with E-state index >= 15 is 0 Å². The van der Waals surface area contributed by atoms with Crippen LogP contribution in [0.5, 0.6) is 0 Å². The van der Waals surface area contributed by atoms with Gasteiger partial charge in [0.1, 0.15) is 19.1 Å². The van der Waals surface area contributed by atoms with E-state index in [2.05, 4.69) is 29.6 Å². The molecule has 27 heavy (non-hydrogen) atoms. The predicted octanol–water partition coefficient (Wildman–Crippen LogP) is 2.26. The number of aliphatic hydroxyl groups excluding tert-OH is 2. The molecule has 6 nitrogen and oxygen atoms in total. The Hall–Kier alpha value is -2.41. The number of amides is 1. The van der Waals surface area contributed by atoms with Gasteiger partial charge in [-0.2, -0.15) is 0 Å². The number of benzene rings is 2. The smallest absolute Gasteiger partial charge is 0.407 e. The highest BCUT2D eigenvalue weighted by Crippen LogP contribution is 2.44. The fourth-order valence-electron chi connectivity index (χ4n) is 4.06. The molecule has 0 aromatic heterocycles. The number of rotatable bonds is 5. The van der Waals surface area contributed by atoms with Crippen LogP contribution in [0.1, 0.15) is 29.9 Å². The fourth-order valence-corrected chi connectivity index (χ4v) is 4.06. The number of alkyl carbamates (subject to hydrolysis) is 1. The monoisotopic (exact) mass is 368 g/mol. The second kappa shape index (κ2) is 7.68. The summed E-state index contributed by atoms with van der Waals surface area (Å²) in [7, 11) is 0. The molecule has 142 valence electrons. The third-order valence-electron chi connectivity index (χ3n) is 5.42. The van der Waals surface area contributed by atoms with Gasteiger partial charge in [0.05, 0.1) is 6.54 Å². The van der Waals surface area contributed by atoms with Crippen LogP contribution < -0.4 is 5.32 Å². The summed E-state index contributed by atoms with van der Waals surface area (Å²) in [5.74, 6) is 0.00785. The van der Waals surface area contributed by atoms with Crippen LogP contribution in [0.4, 0.5) is 4.79 Å². The van der Waals surface area contributed by atoms with Crippen molar-refractivity contribution in [1.82, 2.24) is 10.2 Å². The first kappa shape index (κ1) is 18.0. The number of fused-ring (bicyclic) bond motifs is 3. The number of hydrogen-bond acceptors (Lipinski definition) is 5. The first-order valence-corrected chi connectivity index (χ1v) is 9.36. The highest BCUT2D eigenvalue weighted by atomic mass is 16.5. The predicted molar refractivity (Wildman–Crippen MR) is 101 cm³/mol. The Morgan fingerprint density at radius 3 is 2.37 bits per heavy atom. The Morgan fingerprint density at radius 1 is 1.15 bits per heavy atom. The second-order valence-electron chi connectivity index (χ2n) is 7.05. The minimum absolute atomic E-state index is 0.00785. The Labute approximate surface area is 158 Å². The molecule has 2 atom stereocenters. The van der Waals surface area contributed by atoms with Crippen molar-refractivity contribution in [2.75, 3.05) is 19.7 Å². The van der Waals surface area contributed by atoms with Crippen molar-refractivity contribution < 1.29 is 19.7 Å². The summed E-state index contributed by atoms with van der Waals surface area (Å²) in [4.78, 5) is 13.7. The summed E-state index contributed by atoms with van der Waals surface area (Å²) in [6.45, 7) is 0.880. The minimum Gasteiger partial charge on any atom is -0.449 e. The lowest BCUT2D eigenvalue weighted by molar-refractivity contribution is -0.0745. The van der Waals surface area contributed by atoms with Gasteiger partial charge < -0.3 is 20.3 Å². The van der Waals surface area contributed by atoms with Crippen molar-refractivity contribution in [3.05, 3.63) is 59.7 Å². The molecule has 6 heteroatoms. The van der Waals surface area contributed by atoms with Gasteiger partial charge in [-0.15, -0.1) is 0 Å². The summed E-state index contributed by atoms with van der Waals surface area (Å²) in [5, 5.41) is 22.5. The van der Waals surface area contributed by atoms with Crippen LogP contribution in [0.3, 0.4) is 0 Å². The zero-order chi connectivity index (χ0) is 18.8. The summed E-state index contributed by atoms with van der Waals surface area (Å²) in [5.41, 5.74) is 4.68. The first-order valence-electron chi connectivity index (χ1n) is 9.36. The van der Waals surface area contributed by atoms with Crippen LogP contribution in [0.25, 0.3) is 11.1 Å². The van der Waals surface area contributed by atoms with E-state index in [4.69, 9.17) is 4.74 Å². The van der Waals surface area contributed by atoms with Crippen molar-refractivity contribution in [2.45, 2.75) is 31.2 Å². The molecule has 0 spiro atoms. The van der Waals surface area contributed by atoms with E-state index in [1.165, 1.54) is 11.1 Å². The highest BCUT2D eigenvalue weighted by Gasteiger charge is 2.30. The Bertz CT molecular complexity index is 780. The van der Waals surface area contributed by atoms with E-state index in [9.17, 15) is 15.0 Å². The molecule has 1 amide bonds. The molecule has 2 unspecified atom stereocenters. The average molecular weight is 368 g/mol. The molecular formula is C21H24N2O4. The number of carbonyl (C=O) groups is 1. The van der Waals surface area contributed by atoms with Gasteiger partial charge >= 0.3 is 6.09 Å². The number of nitrogens with zero attached hydrogens (tertiary/aromatic N) is 1. The molecule has 0 bridgehead atoms. The molecule has 0 radical (unpaired) electrons. The maximum Gasteiger partial charge on any atom is 0.407 e. The fraction of sp³-hybridized carbons (Fsp3) is 0.381. The quantitative estimate of drug-likeness (QED) is 0.754.